The normalized spacial score (nSPS) is 4.00. The minimum Gasteiger partial charge on any atom is -0.377 e. The molecule has 0 aromatic rings. The highest BCUT2D eigenvalue weighted by Gasteiger charge is 1.53. The number of rotatable bonds is 0. The Labute approximate surface area is 76.1 Å². The summed E-state index contributed by atoms with van der Waals surface area (Å²) >= 11 is 4.09. The Morgan fingerprint density at radius 3 is 1.17 bits per heavy atom. The van der Waals surface area contributed by atoms with E-state index in [1.165, 1.54) is 0 Å². The summed E-state index contributed by atoms with van der Waals surface area (Å²) in [6, 6.07) is 0. The molecule has 0 heterocycles. The predicted molar refractivity (Wildman–Crippen MR) is 51.8 cm³/mol. The highest BCUT2D eigenvalue weighted by Crippen LogP contribution is 1.32. The Balaban J connectivity index is -0.0000000450. The Kier molecular flexibility index (Phi) is 24.8. The Morgan fingerprint density at radius 2 is 1.17 bits per heavy atom. The van der Waals surface area contributed by atoms with E-state index < -0.39 is 0 Å². The molecule has 0 spiro atoms. The van der Waals surface area contributed by atoms with E-state index in [2.05, 4.69) is 23.7 Å². The van der Waals surface area contributed by atoms with Crippen LogP contribution in [-0.2, 0) is 0 Å². The van der Waals surface area contributed by atoms with Gasteiger partial charge in [0.2, 0.25) is 0 Å². The van der Waals surface area contributed by atoms with Gasteiger partial charge in [0.05, 0.1) is 0 Å². The van der Waals surface area contributed by atoms with Gasteiger partial charge in [-0.05, 0) is 12.2 Å². The zero-order chi connectivity index (χ0) is 3.58. The van der Waals surface area contributed by atoms with Crippen LogP contribution in [0, 0.1) is 0 Å². The van der Waals surface area contributed by atoms with Crippen LogP contribution >= 0.6 is 60.2 Å². The monoisotopic (exact) mass is 332 g/mol. The molecule has 0 fully saturated rings. The van der Waals surface area contributed by atoms with Crippen molar-refractivity contribution in [3.05, 3.63) is 0 Å². The van der Waals surface area contributed by atoms with Crippen LogP contribution in [-0.4, -0.2) is 5.11 Å². The van der Waals surface area contributed by atoms with Crippen LogP contribution in [0.2, 0.25) is 0 Å². The molecule has 40 valence electrons. The van der Waals surface area contributed by atoms with Gasteiger partial charge in [-0.25, -0.2) is 0 Å². The molecular formula is CH6I2N2S. The van der Waals surface area contributed by atoms with Crippen LogP contribution in [0.25, 0.3) is 0 Å². The molecule has 0 aromatic heterocycles. The molecule has 0 saturated carbocycles. The average molecular weight is 332 g/mol. The molecule has 5 heteroatoms. The summed E-state index contributed by atoms with van der Waals surface area (Å²) in [6.07, 6.45) is 0. The third kappa shape index (κ3) is 67.1. The second-order valence-corrected chi connectivity index (χ2v) is 0.874. The highest BCUT2D eigenvalue weighted by molar-refractivity contribution is 14.0. The van der Waals surface area contributed by atoms with Gasteiger partial charge in [0.1, 0.15) is 0 Å². The van der Waals surface area contributed by atoms with E-state index >= 15 is 0 Å². The van der Waals surface area contributed by atoms with Gasteiger partial charge in [-0.1, -0.05) is 0 Å². The van der Waals surface area contributed by atoms with E-state index in [0.717, 1.165) is 0 Å². The van der Waals surface area contributed by atoms with Gasteiger partial charge in [0, 0.05) is 0 Å². The number of hydrogen-bond donors (Lipinski definition) is 2. The Hall–Kier alpha value is 1.15. The van der Waals surface area contributed by atoms with Crippen LogP contribution in [0.1, 0.15) is 0 Å². The molecule has 0 amide bonds. The van der Waals surface area contributed by atoms with Crippen LogP contribution < -0.4 is 11.5 Å². The van der Waals surface area contributed by atoms with Crippen LogP contribution in [0.5, 0.6) is 0 Å². The summed E-state index contributed by atoms with van der Waals surface area (Å²) < 4.78 is 0. The maximum Gasteiger partial charge on any atom is 0.160 e. The summed E-state index contributed by atoms with van der Waals surface area (Å²) in [4.78, 5) is 0. The highest BCUT2D eigenvalue weighted by atomic mass is 127. The molecule has 0 aliphatic rings. The summed E-state index contributed by atoms with van der Waals surface area (Å²) in [6.45, 7) is 0. The third-order valence-corrected chi connectivity index (χ3v) is 0. The van der Waals surface area contributed by atoms with Gasteiger partial charge in [0.25, 0.3) is 0 Å². The van der Waals surface area contributed by atoms with Gasteiger partial charge in [0.15, 0.2) is 5.11 Å². The maximum atomic E-state index is 4.62. The molecule has 6 heavy (non-hydrogen) atoms. The first-order chi connectivity index (χ1) is 1.73. The number of hydrogen-bond acceptors (Lipinski definition) is 1. The zero-order valence-electron chi connectivity index (χ0n) is 2.88. The summed E-state index contributed by atoms with van der Waals surface area (Å²) in [5.41, 5.74) is 9.24. The molecule has 0 rings (SSSR count). The quantitative estimate of drug-likeness (QED) is 0.500. The summed E-state index contributed by atoms with van der Waals surface area (Å²) in [5, 5.41) is 0.000000000000000222. The van der Waals surface area contributed by atoms with Crippen molar-refractivity contribution >= 4 is 65.3 Å². The van der Waals surface area contributed by atoms with E-state index in [-0.39, 0.29) is 53.1 Å². The number of thiocarbonyl (C=S) groups is 1. The fraction of sp³-hybridized carbons (Fsp3) is 0. The van der Waals surface area contributed by atoms with Crippen molar-refractivity contribution in [3.63, 3.8) is 0 Å². The van der Waals surface area contributed by atoms with Gasteiger partial charge < -0.3 is 11.5 Å². The molecule has 0 aliphatic carbocycles. The fourth-order valence-corrected chi connectivity index (χ4v) is 0. The van der Waals surface area contributed by atoms with Gasteiger partial charge in [-0.3, -0.25) is 0 Å². The second-order valence-electron chi connectivity index (χ2n) is 0.402. The molecule has 0 aliphatic heterocycles. The maximum absolute atomic E-state index is 4.62. The van der Waals surface area contributed by atoms with E-state index in [0.29, 0.717) is 0 Å². The Bertz CT molecular complexity index is 34.5. The summed E-state index contributed by atoms with van der Waals surface area (Å²) in [7, 11) is 0. The van der Waals surface area contributed by atoms with E-state index in [1.807, 2.05) is 0 Å². The smallest absolute Gasteiger partial charge is 0.160 e. The lowest BCUT2D eigenvalue weighted by Crippen LogP contribution is -2.18. The van der Waals surface area contributed by atoms with E-state index in [1.54, 1.807) is 0 Å². The van der Waals surface area contributed by atoms with Crippen LogP contribution in [0.15, 0.2) is 0 Å². The van der Waals surface area contributed by atoms with Crippen molar-refractivity contribution < 1.29 is 0 Å². The SMILES string of the molecule is I.I.NC(N)=S. The van der Waals surface area contributed by atoms with Gasteiger partial charge in [-0.2, -0.15) is 0 Å². The van der Waals surface area contributed by atoms with Crippen molar-refractivity contribution in [2.24, 2.45) is 11.5 Å². The number of halogens is 2. The van der Waals surface area contributed by atoms with Crippen LogP contribution in [0.4, 0.5) is 0 Å². The molecular weight excluding hydrogens is 326 g/mol. The first kappa shape index (κ1) is 15.7. The minimum atomic E-state index is 0. The Morgan fingerprint density at radius 1 is 1.17 bits per heavy atom. The lowest BCUT2D eigenvalue weighted by molar-refractivity contribution is 1.65. The van der Waals surface area contributed by atoms with Crippen molar-refractivity contribution in [1.82, 2.24) is 0 Å². The lowest BCUT2D eigenvalue weighted by atomic mass is 11.3. The van der Waals surface area contributed by atoms with E-state index in [4.69, 9.17) is 0 Å². The van der Waals surface area contributed by atoms with Gasteiger partial charge >= 0.3 is 0 Å². The average Bonchev–Trinajstić information content (AvgIpc) is 0.811. The molecule has 0 aromatic carbocycles. The van der Waals surface area contributed by atoms with Crippen molar-refractivity contribution in [2.75, 3.05) is 0 Å². The van der Waals surface area contributed by atoms with Crippen molar-refractivity contribution in [1.29, 1.82) is 0 Å². The second kappa shape index (κ2) is 9.47. The first-order valence-corrected chi connectivity index (χ1v) is 1.19. The standard InChI is InChI=1S/CH4N2S.2HI/c2-1(3)4;;/h(H4,2,3,4);2*1H. The first-order valence-electron chi connectivity index (χ1n) is 0.781. The zero-order valence-corrected chi connectivity index (χ0v) is 8.36. The molecule has 0 radical (unpaired) electrons. The molecule has 0 saturated heterocycles. The topological polar surface area (TPSA) is 52.0 Å². The lowest BCUT2D eigenvalue weighted by Gasteiger charge is -1.68. The summed E-state index contributed by atoms with van der Waals surface area (Å²) in [5.74, 6) is 0. The molecule has 0 bridgehead atoms. The van der Waals surface area contributed by atoms with E-state index in [9.17, 15) is 0 Å². The third-order valence-electron chi connectivity index (χ3n) is 0. The van der Waals surface area contributed by atoms with Crippen molar-refractivity contribution in [3.8, 4) is 0 Å². The molecule has 2 nitrogen and oxygen atoms in total. The largest absolute Gasteiger partial charge is 0.377 e. The number of nitrogens with two attached hydrogens (primary N) is 2. The van der Waals surface area contributed by atoms with Crippen molar-refractivity contribution in [2.45, 2.75) is 0 Å². The fourth-order valence-electron chi connectivity index (χ4n) is 0. The van der Waals surface area contributed by atoms with Crippen LogP contribution in [0.3, 0.4) is 0 Å². The van der Waals surface area contributed by atoms with Gasteiger partial charge in [-0.15, -0.1) is 48.0 Å². The molecule has 0 atom stereocenters. The molecule has 0 unspecified atom stereocenters. The predicted octanol–water partition coefficient (Wildman–Crippen LogP) is 0.425. The minimum absolute atomic E-state index is 0. The molecule has 4 N–H and O–H groups in total.